The summed E-state index contributed by atoms with van der Waals surface area (Å²) in [5.74, 6) is -0.0244. The third-order valence-electron chi connectivity index (χ3n) is 3.38. The highest BCUT2D eigenvalue weighted by molar-refractivity contribution is 6.43. The number of benzene rings is 1. The van der Waals surface area contributed by atoms with E-state index in [2.05, 4.69) is 11.8 Å². The molecule has 0 bridgehead atoms. The Labute approximate surface area is 124 Å². The molecular formula is C14H18Cl2N2O. The standard InChI is InChI=1S/C14H18Cl2N2O/c1-2-6-17-7-9-18(10-8-17)14(19)11-4-3-5-12(15)13(11)16/h3-5H,2,6-10H2,1H3. The Kier molecular flexibility index (Phi) is 5.08. The summed E-state index contributed by atoms with van der Waals surface area (Å²) in [4.78, 5) is 16.6. The number of carbonyl (C=O) groups is 1. The molecule has 0 aromatic heterocycles. The van der Waals surface area contributed by atoms with E-state index in [9.17, 15) is 4.79 Å². The molecule has 0 saturated carbocycles. The number of amides is 1. The highest BCUT2D eigenvalue weighted by Gasteiger charge is 2.23. The van der Waals surface area contributed by atoms with Crippen molar-refractivity contribution in [1.82, 2.24) is 9.80 Å². The molecule has 0 N–H and O–H groups in total. The monoisotopic (exact) mass is 300 g/mol. The molecule has 104 valence electrons. The second-order valence-corrected chi connectivity index (χ2v) is 5.52. The summed E-state index contributed by atoms with van der Waals surface area (Å²) in [6, 6.07) is 5.18. The predicted molar refractivity (Wildman–Crippen MR) is 79.1 cm³/mol. The molecule has 3 nitrogen and oxygen atoms in total. The van der Waals surface area contributed by atoms with Crippen LogP contribution in [0.1, 0.15) is 23.7 Å². The van der Waals surface area contributed by atoms with Gasteiger partial charge in [0.05, 0.1) is 15.6 Å². The van der Waals surface area contributed by atoms with E-state index in [0.29, 0.717) is 15.6 Å². The first-order valence-electron chi connectivity index (χ1n) is 6.59. The van der Waals surface area contributed by atoms with Crippen LogP contribution in [0.15, 0.2) is 18.2 Å². The van der Waals surface area contributed by atoms with E-state index in [4.69, 9.17) is 23.2 Å². The smallest absolute Gasteiger partial charge is 0.255 e. The van der Waals surface area contributed by atoms with E-state index in [1.165, 1.54) is 0 Å². The lowest BCUT2D eigenvalue weighted by atomic mass is 10.1. The van der Waals surface area contributed by atoms with Crippen LogP contribution >= 0.6 is 23.2 Å². The number of hydrogen-bond acceptors (Lipinski definition) is 2. The van der Waals surface area contributed by atoms with Gasteiger partial charge in [-0.3, -0.25) is 9.69 Å². The highest BCUT2D eigenvalue weighted by atomic mass is 35.5. The van der Waals surface area contributed by atoms with Crippen molar-refractivity contribution in [3.63, 3.8) is 0 Å². The molecule has 1 fully saturated rings. The Morgan fingerprint density at radius 1 is 1.21 bits per heavy atom. The maximum absolute atomic E-state index is 12.4. The van der Waals surface area contributed by atoms with Crippen LogP contribution in [0.5, 0.6) is 0 Å². The minimum Gasteiger partial charge on any atom is -0.336 e. The van der Waals surface area contributed by atoms with Gasteiger partial charge in [-0.1, -0.05) is 36.2 Å². The molecule has 1 aromatic carbocycles. The van der Waals surface area contributed by atoms with E-state index < -0.39 is 0 Å². The zero-order valence-corrected chi connectivity index (χ0v) is 12.5. The second-order valence-electron chi connectivity index (χ2n) is 4.74. The molecule has 19 heavy (non-hydrogen) atoms. The average molecular weight is 301 g/mol. The molecule has 1 saturated heterocycles. The van der Waals surface area contributed by atoms with Crippen LogP contribution in [-0.2, 0) is 0 Å². The lowest BCUT2D eigenvalue weighted by Crippen LogP contribution is -2.48. The summed E-state index contributed by atoms with van der Waals surface area (Å²) in [5, 5.41) is 0.780. The molecular weight excluding hydrogens is 283 g/mol. The van der Waals surface area contributed by atoms with Crippen molar-refractivity contribution >= 4 is 29.1 Å². The molecule has 0 unspecified atom stereocenters. The first-order chi connectivity index (χ1) is 9.13. The van der Waals surface area contributed by atoms with Crippen LogP contribution in [0.4, 0.5) is 0 Å². The van der Waals surface area contributed by atoms with Gasteiger partial charge in [0.15, 0.2) is 0 Å². The Morgan fingerprint density at radius 2 is 1.89 bits per heavy atom. The number of piperazine rings is 1. The largest absolute Gasteiger partial charge is 0.336 e. The zero-order valence-electron chi connectivity index (χ0n) is 11.0. The lowest BCUT2D eigenvalue weighted by molar-refractivity contribution is 0.0637. The molecule has 0 spiro atoms. The van der Waals surface area contributed by atoms with Crippen molar-refractivity contribution in [3.05, 3.63) is 33.8 Å². The summed E-state index contributed by atoms with van der Waals surface area (Å²) >= 11 is 12.0. The van der Waals surface area contributed by atoms with Gasteiger partial charge in [-0.2, -0.15) is 0 Å². The minimum absolute atomic E-state index is 0.0244. The normalized spacial score (nSPS) is 16.7. The summed E-state index contributed by atoms with van der Waals surface area (Å²) < 4.78 is 0. The van der Waals surface area contributed by atoms with Crippen LogP contribution in [0.3, 0.4) is 0 Å². The van der Waals surface area contributed by atoms with Crippen molar-refractivity contribution in [1.29, 1.82) is 0 Å². The second kappa shape index (κ2) is 6.60. The van der Waals surface area contributed by atoms with Gasteiger partial charge >= 0.3 is 0 Å². The fourth-order valence-corrected chi connectivity index (χ4v) is 2.71. The number of halogens is 2. The number of rotatable bonds is 3. The Hall–Kier alpha value is -0.770. The summed E-state index contributed by atoms with van der Waals surface area (Å²) in [5.41, 5.74) is 0.498. The van der Waals surface area contributed by atoms with Gasteiger partial charge < -0.3 is 4.90 Å². The van der Waals surface area contributed by atoms with Gasteiger partial charge in [-0.15, -0.1) is 0 Å². The van der Waals surface area contributed by atoms with Crippen molar-refractivity contribution in [2.24, 2.45) is 0 Å². The van der Waals surface area contributed by atoms with Gasteiger partial charge in [0.2, 0.25) is 0 Å². The molecule has 1 amide bonds. The summed E-state index contributed by atoms with van der Waals surface area (Å²) in [7, 11) is 0. The average Bonchev–Trinajstić information content (AvgIpc) is 2.42. The molecule has 1 heterocycles. The SMILES string of the molecule is CCCN1CCN(C(=O)c2cccc(Cl)c2Cl)CC1. The third kappa shape index (κ3) is 3.41. The molecule has 0 atom stereocenters. The maximum Gasteiger partial charge on any atom is 0.255 e. The van der Waals surface area contributed by atoms with E-state index in [0.717, 1.165) is 39.1 Å². The molecule has 0 radical (unpaired) electrons. The fourth-order valence-electron chi connectivity index (χ4n) is 2.33. The van der Waals surface area contributed by atoms with Crippen molar-refractivity contribution in [2.45, 2.75) is 13.3 Å². The highest BCUT2D eigenvalue weighted by Crippen LogP contribution is 2.26. The molecule has 1 aliphatic rings. The number of hydrogen-bond donors (Lipinski definition) is 0. The van der Waals surface area contributed by atoms with E-state index in [1.807, 2.05) is 4.90 Å². The van der Waals surface area contributed by atoms with Crippen LogP contribution in [0.25, 0.3) is 0 Å². The molecule has 1 aromatic rings. The van der Waals surface area contributed by atoms with Crippen molar-refractivity contribution in [2.75, 3.05) is 32.7 Å². The Morgan fingerprint density at radius 3 is 2.53 bits per heavy atom. The number of nitrogens with zero attached hydrogens (tertiary/aromatic N) is 2. The Balaban J connectivity index is 2.03. The van der Waals surface area contributed by atoms with E-state index in [1.54, 1.807) is 18.2 Å². The first-order valence-corrected chi connectivity index (χ1v) is 7.34. The fraction of sp³-hybridized carbons (Fsp3) is 0.500. The molecule has 0 aliphatic carbocycles. The van der Waals surface area contributed by atoms with E-state index in [-0.39, 0.29) is 5.91 Å². The predicted octanol–water partition coefficient (Wildman–Crippen LogP) is 3.16. The van der Waals surface area contributed by atoms with Crippen molar-refractivity contribution in [3.8, 4) is 0 Å². The van der Waals surface area contributed by atoms with Crippen molar-refractivity contribution < 1.29 is 4.79 Å². The van der Waals surface area contributed by atoms with Gasteiger partial charge in [0, 0.05) is 26.2 Å². The van der Waals surface area contributed by atoms with Crippen LogP contribution < -0.4 is 0 Å². The molecule has 1 aliphatic heterocycles. The van der Waals surface area contributed by atoms with Gasteiger partial charge in [0.25, 0.3) is 5.91 Å². The topological polar surface area (TPSA) is 23.6 Å². The summed E-state index contributed by atoms with van der Waals surface area (Å²) in [6.07, 6.45) is 1.15. The summed E-state index contributed by atoms with van der Waals surface area (Å²) in [6.45, 7) is 6.63. The zero-order chi connectivity index (χ0) is 13.8. The molecule has 2 rings (SSSR count). The first kappa shape index (κ1) is 14.6. The third-order valence-corrected chi connectivity index (χ3v) is 4.20. The van der Waals surface area contributed by atoms with Gasteiger partial charge in [-0.05, 0) is 25.1 Å². The van der Waals surface area contributed by atoms with Crippen LogP contribution in [0.2, 0.25) is 10.0 Å². The number of carbonyl (C=O) groups excluding carboxylic acids is 1. The quantitative estimate of drug-likeness (QED) is 0.856. The molecule has 5 heteroatoms. The van der Waals surface area contributed by atoms with Gasteiger partial charge in [-0.25, -0.2) is 0 Å². The van der Waals surface area contributed by atoms with Crippen LogP contribution in [0, 0.1) is 0 Å². The van der Waals surface area contributed by atoms with Crippen LogP contribution in [-0.4, -0.2) is 48.4 Å². The maximum atomic E-state index is 12.4. The minimum atomic E-state index is -0.0244. The van der Waals surface area contributed by atoms with E-state index >= 15 is 0 Å². The lowest BCUT2D eigenvalue weighted by Gasteiger charge is -2.34. The Bertz CT molecular complexity index is 457. The van der Waals surface area contributed by atoms with Gasteiger partial charge in [0.1, 0.15) is 0 Å².